The summed E-state index contributed by atoms with van der Waals surface area (Å²) in [6.45, 7) is 16.3. The Morgan fingerprint density at radius 1 is 0.964 bits per heavy atom. The third kappa shape index (κ3) is 5.28. The topological polar surface area (TPSA) is 36.4 Å². The van der Waals surface area contributed by atoms with Crippen LogP contribution in [0.4, 0.5) is 0 Å². The molecule has 0 amide bonds. The number of nitrogens with zero attached hydrogens (tertiary/aromatic N) is 2. The average Bonchev–Trinajstić information content (AvgIpc) is 3.02. The molecule has 0 bridgehead atoms. The van der Waals surface area contributed by atoms with E-state index in [1.54, 1.807) is 11.3 Å². The normalized spacial score (nSPS) is 16.1. The highest BCUT2D eigenvalue weighted by atomic mass is 35.5. The van der Waals surface area contributed by atoms with Gasteiger partial charge >= 0.3 is 0 Å². The summed E-state index contributed by atoms with van der Waals surface area (Å²) in [4.78, 5) is 7.46. The predicted octanol–water partition coefficient (Wildman–Crippen LogP) is 6.52. The molecule has 2 heterocycles. The van der Waals surface area contributed by atoms with Gasteiger partial charge in [-0.2, -0.15) is 0 Å². The first kappa shape index (κ1) is 23.2. The number of phenols is 1. The summed E-state index contributed by atoms with van der Waals surface area (Å²) >= 11 is 1.75. The number of aromatic hydroxyl groups is 1. The van der Waals surface area contributed by atoms with Gasteiger partial charge in [0.15, 0.2) is 0 Å². The summed E-state index contributed by atoms with van der Waals surface area (Å²) in [6.07, 6.45) is 3.97. The second-order valence-electron chi connectivity index (χ2n) is 9.88. The van der Waals surface area contributed by atoms with Crippen molar-refractivity contribution >= 4 is 23.7 Å². The van der Waals surface area contributed by atoms with Crippen LogP contribution < -0.4 is 0 Å². The maximum atomic E-state index is 10.9. The third-order valence-electron chi connectivity index (χ3n) is 5.38. The van der Waals surface area contributed by atoms with Gasteiger partial charge in [0.25, 0.3) is 0 Å². The fourth-order valence-electron chi connectivity index (χ4n) is 3.75. The summed E-state index contributed by atoms with van der Waals surface area (Å²) in [5.41, 5.74) is 3.90. The van der Waals surface area contributed by atoms with Gasteiger partial charge in [0.05, 0.1) is 12.2 Å². The molecule has 0 spiro atoms. The number of phenolic OH excluding ortho intramolecular Hbond substituents is 1. The van der Waals surface area contributed by atoms with Gasteiger partial charge in [0.2, 0.25) is 0 Å². The van der Waals surface area contributed by atoms with Crippen molar-refractivity contribution in [2.45, 2.75) is 78.2 Å². The maximum absolute atomic E-state index is 10.9. The van der Waals surface area contributed by atoms with Gasteiger partial charge in [-0.25, -0.2) is 4.98 Å². The molecule has 28 heavy (non-hydrogen) atoms. The van der Waals surface area contributed by atoms with Crippen molar-refractivity contribution in [1.82, 2.24) is 9.88 Å². The minimum Gasteiger partial charge on any atom is -0.507 e. The molecule has 156 valence electrons. The smallest absolute Gasteiger partial charge is 0.123 e. The average molecular weight is 423 g/mol. The van der Waals surface area contributed by atoms with E-state index in [1.807, 2.05) is 0 Å². The Bertz CT molecular complexity index is 761. The molecule has 2 aromatic rings. The molecule has 0 saturated carbocycles. The van der Waals surface area contributed by atoms with E-state index in [4.69, 9.17) is 4.98 Å². The molecule has 3 nitrogen and oxygen atoms in total. The standard InChI is InChI=1S/C23H34N2OS.ClH/c1-22(2,3)17-12-16(13-18(21(17)26)23(4,5)6)19-15-27-20(24-19)14-25-10-8-7-9-11-25;/h12-13,15,26H,7-11,14H2,1-6H3;1H. The van der Waals surface area contributed by atoms with Gasteiger partial charge in [-0.05, 0) is 48.9 Å². The summed E-state index contributed by atoms with van der Waals surface area (Å²) in [7, 11) is 0. The van der Waals surface area contributed by atoms with Gasteiger partial charge in [-0.15, -0.1) is 23.7 Å². The molecule has 1 aliphatic rings. The Labute approximate surface area is 180 Å². The highest BCUT2D eigenvalue weighted by molar-refractivity contribution is 7.09. The van der Waals surface area contributed by atoms with E-state index in [-0.39, 0.29) is 23.2 Å². The molecular weight excluding hydrogens is 388 g/mol. The first-order valence-electron chi connectivity index (χ1n) is 10.1. The number of halogens is 1. The number of rotatable bonds is 3. The van der Waals surface area contributed by atoms with Crippen molar-refractivity contribution in [3.63, 3.8) is 0 Å². The van der Waals surface area contributed by atoms with Crippen LogP contribution in [0.1, 0.15) is 76.9 Å². The van der Waals surface area contributed by atoms with Crippen LogP contribution in [-0.4, -0.2) is 28.1 Å². The number of likely N-dealkylation sites (tertiary alicyclic amines) is 1. The Balaban J connectivity index is 0.00000280. The molecule has 0 unspecified atom stereocenters. The monoisotopic (exact) mass is 422 g/mol. The fourth-order valence-corrected chi connectivity index (χ4v) is 4.60. The van der Waals surface area contributed by atoms with Crippen molar-refractivity contribution in [3.05, 3.63) is 33.6 Å². The van der Waals surface area contributed by atoms with Crippen molar-refractivity contribution in [2.75, 3.05) is 13.1 Å². The van der Waals surface area contributed by atoms with Crippen LogP contribution in [0.15, 0.2) is 17.5 Å². The van der Waals surface area contributed by atoms with E-state index >= 15 is 0 Å². The van der Waals surface area contributed by atoms with Crippen LogP contribution in [-0.2, 0) is 17.4 Å². The first-order chi connectivity index (χ1) is 12.6. The van der Waals surface area contributed by atoms with E-state index in [2.05, 4.69) is 64.0 Å². The lowest BCUT2D eigenvalue weighted by Crippen LogP contribution is -2.28. The Morgan fingerprint density at radius 3 is 2.00 bits per heavy atom. The van der Waals surface area contributed by atoms with Crippen LogP contribution in [0.25, 0.3) is 11.3 Å². The van der Waals surface area contributed by atoms with Gasteiger partial charge in [-0.3, -0.25) is 4.90 Å². The largest absolute Gasteiger partial charge is 0.507 e. The van der Waals surface area contributed by atoms with Crippen molar-refractivity contribution in [1.29, 1.82) is 0 Å². The van der Waals surface area contributed by atoms with Crippen LogP contribution in [0.5, 0.6) is 5.75 Å². The maximum Gasteiger partial charge on any atom is 0.123 e. The Morgan fingerprint density at radius 2 is 1.50 bits per heavy atom. The molecular formula is C23H35ClN2OS. The third-order valence-corrected chi connectivity index (χ3v) is 6.21. The second kappa shape index (κ2) is 8.73. The van der Waals surface area contributed by atoms with Crippen LogP contribution in [0, 0.1) is 0 Å². The molecule has 1 saturated heterocycles. The molecule has 0 radical (unpaired) electrons. The lowest BCUT2D eigenvalue weighted by Gasteiger charge is -2.28. The van der Waals surface area contributed by atoms with Crippen molar-refractivity contribution < 1.29 is 5.11 Å². The van der Waals surface area contributed by atoms with Crippen molar-refractivity contribution in [3.8, 4) is 17.0 Å². The summed E-state index contributed by atoms with van der Waals surface area (Å²) in [5, 5.41) is 14.3. The summed E-state index contributed by atoms with van der Waals surface area (Å²) in [6, 6.07) is 4.26. The SMILES string of the molecule is CC(C)(C)c1cc(-c2csc(CN3CCCCC3)n2)cc(C(C)(C)C)c1O.Cl. The number of thiazole rings is 1. The van der Waals surface area contributed by atoms with Crippen LogP contribution in [0.2, 0.25) is 0 Å². The number of benzene rings is 1. The Kier molecular flexibility index (Phi) is 7.22. The lowest BCUT2D eigenvalue weighted by molar-refractivity contribution is 0.220. The lowest BCUT2D eigenvalue weighted by atomic mass is 9.78. The van der Waals surface area contributed by atoms with Gasteiger partial charge < -0.3 is 5.11 Å². The molecule has 5 heteroatoms. The minimum absolute atomic E-state index is 0. The Hall–Kier alpha value is -1.10. The van der Waals surface area contributed by atoms with E-state index in [1.165, 1.54) is 37.4 Å². The zero-order valence-electron chi connectivity index (χ0n) is 18.1. The highest BCUT2D eigenvalue weighted by Gasteiger charge is 2.27. The zero-order chi connectivity index (χ0) is 19.8. The van der Waals surface area contributed by atoms with Crippen molar-refractivity contribution in [2.24, 2.45) is 0 Å². The van der Waals surface area contributed by atoms with Crippen LogP contribution >= 0.6 is 23.7 Å². The molecule has 1 aromatic heterocycles. The van der Waals surface area contributed by atoms with E-state index in [0.29, 0.717) is 5.75 Å². The minimum atomic E-state index is -0.118. The molecule has 1 fully saturated rings. The number of hydrogen-bond acceptors (Lipinski definition) is 4. The number of piperidine rings is 1. The summed E-state index contributed by atoms with van der Waals surface area (Å²) in [5.74, 6) is 0.433. The van der Waals surface area contributed by atoms with Gasteiger partial charge in [0, 0.05) is 22.1 Å². The van der Waals surface area contributed by atoms with Gasteiger partial charge in [0.1, 0.15) is 10.8 Å². The van der Waals surface area contributed by atoms with E-state index in [9.17, 15) is 5.11 Å². The van der Waals surface area contributed by atoms with E-state index in [0.717, 1.165) is 28.9 Å². The number of aromatic nitrogens is 1. The second-order valence-corrected chi connectivity index (χ2v) is 10.8. The van der Waals surface area contributed by atoms with Crippen LogP contribution in [0.3, 0.4) is 0 Å². The quantitative estimate of drug-likeness (QED) is 0.611. The predicted molar refractivity (Wildman–Crippen MR) is 123 cm³/mol. The molecule has 1 aromatic carbocycles. The molecule has 1 aliphatic heterocycles. The zero-order valence-corrected chi connectivity index (χ0v) is 19.8. The molecule has 1 N–H and O–H groups in total. The molecule has 0 atom stereocenters. The number of hydrogen-bond donors (Lipinski definition) is 1. The van der Waals surface area contributed by atoms with Gasteiger partial charge in [-0.1, -0.05) is 48.0 Å². The first-order valence-corrected chi connectivity index (χ1v) is 11.0. The fraction of sp³-hybridized carbons (Fsp3) is 0.609. The summed E-state index contributed by atoms with van der Waals surface area (Å²) < 4.78 is 0. The van der Waals surface area contributed by atoms with E-state index < -0.39 is 0 Å². The molecule has 3 rings (SSSR count). The highest BCUT2D eigenvalue weighted by Crippen LogP contribution is 2.42. The molecule has 0 aliphatic carbocycles.